The zero-order valence-corrected chi connectivity index (χ0v) is 17.6. The van der Waals surface area contributed by atoms with E-state index in [0.29, 0.717) is 22.9 Å². The van der Waals surface area contributed by atoms with E-state index in [-0.39, 0.29) is 31.2 Å². The van der Waals surface area contributed by atoms with Crippen LogP contribution in [0.1, 0.15) is 18.4 Å². The predicted octanol–water partition coefficient (Wildman–Crippen LogP) is 2.55. The minimum Gasteiger partial charge on any atom is -0.497 e. The van der Waals surface area contributed by atoms with Crippen molar-refractivity contribution in [3.63, 3.8) is 0 Å². The fourth-order valence-electron chi connectivity index (χ4n) is 3.23. The van der Waals surface area contributed by atoms with Crippen LogP contribution in [0.5, 0.6) is 17.2 Å². The van der Waals surface area contributed by atoms with Crippen molar-refractivity contribution in [2.75, 3.05) is 26.6 Å². The third-order valence-corrected chi connectivity index (χ3v) is 4.95. The van der Waals surface area contributed by atoms with Crippen molar-refractivity contribution in [2.45, 2.75) is 25.4 Å². The standard InChI is InChI=1S/C22H25N3O6/c1-29-15-6-4-14(5-7-15)13-25-21(27)18(24-22(25)28)10-11-20(26)23-17-9-8-16(30-2)12-19(17)31-3/h4-9,12,18H,10-11,13H2,1-3H3,(H,23,26)(H,24,28)/t18-/m0/s1. The molecule has 9 nitrogen and oxygen atoms in total. The van der Waals surface area contributed by atoms with Gasteiger partial charge in [-0.2, -0.15) is 0 Å². The lowest BCUT2D eigenvalue weighted by molar-refractivity contribution is -0.128. The van der Waals surface area contributed by atoms with Gasteiger partial charge in [-0.05, 0) is 36.2 Å². The van der Waals surface area contributed by atoms with E-state index in [9.17, 15) is 14.4 Å². The maximum absolute atomic E-state index is 12.6. The molecule has 2 aromatic rings. The summed E-state index contributed by atoms with van der Waals surface area (Å²) < 4.78 is 15.5. The molecule has 4 amide bonds. The molecule has 0 aromatic heterocycles. The quantitative estimate of drug-likeness (QED) is 0.596. The Morgan fingerprint density at radius 2 is 1.68 bits per heavy atom. The Balaban J connectivity index is 1.55. The van der Waals surface area contributed by atoms with Crippen LogP contribution in [0.2, 0.25) is 0 Å². The van der Waals surface area contributed by atoms with Crippen molar-refractivity contribution in [3.05, 3.63) is 48.0 Å². The summed E-state index contributed by atoms with van der Waals surface area (Å²) in [5.74, 6) is 1.11. The van der Waals surface area contributed by atoms with Crippen LogP contribution in [0.4, 0.5) is 10.5 Å². The molecule has 0 spiro atoms. The summed E-state index contributed by atoms with van der Waals surface area (Å²) in [6, 6.07) is 11.0. The van der Waals surface area contributed by atoms with E-state index in [2.05, 4.69) is 10.6 Å². The maximum Gasteiger partial charge on any atom is 0.325 e. The number of carbonyl (C=O) groups is 3. The summed E-state index contributed by atoms with van der Waals surface area (Å²) in [5, 5.41) is 5.40. The molecule has 1 heterocycles. The number of methoxy groups -OCH3 is 3. The van der Waals surface area contributed by atoms with Crippen LogP contribution in [-0.2, 0) is 16.1 Å². The number of rotatable bonds is 9. The van der Waals surface area contributed by atoms with Gasteiger partial charge >= 0.3 is 6.03 Å². The van der Waals surface area contributed by atoms with Crippen molar-refractivity contribution in [1.29, 1.82) is 0 Å². The highest BCUT2D eigenvalue weighted by Gasteiger charge is 2.37. The van der Waals surface area contributed by atoms with E-state index in [4.69, 9.17) is 14.2 Å². The minimum atomic E-state index is -0.741. The molecule has 0 aliphatic carbocycles. The van der Waals surface area contributed by atoms with Crippen molar-refractivity contribution in [1.82, 2.24) is 10.2 Å². The molecule has 164 valence electrons. The Labute approximate surface area is 180 Å². The van der Waals surface area contributed by atoms with E-state index < -0.39 is 12.1 Å². The molecule has 0 saturated carbocycles. The molecule has 1 aliphatic heterocycles. The van der Waals surface area contributed by atoms with Gasteiger partial charge in [-0.25, -0.2) is 4.79 Å². The lowest BCUT2D eigenvalue weighted by Gasteiger charge is -2.14. The summed E-state index contributed by atoms with van der Waals surface area (Å²) >= 11 is 0. The third-order valence-electron chi connectivity index (χ3n) is 4.95. The first-order valence-corrected chi connectivity index (χ1v) is 9.72. The average molecular weight is 427 g/mol. The van der Waals surface area contributed by atoms with Crippen molar-refractivity contribution in [3.8, 4) is 17.2 Å². The molecule has 0 unspecified atom stereocenters. The van der Waals surface area contributed by atoms with Crippen LogP contribution in [0.25, 0.3) is 0 Å². The second-order valence-electron chi connectivity index (χ2n) is 6.93. The van der Waals surface area contributed by atoms with Gasteiger partial charge in [0.15, 0.2) is 0 Å². The number of urea groups is 1. The van der Waals surface area contributed by atoms with Gasteiger partial charge in [-0.1, -0.05) is 12.1 Å². The average Bonchev–Trinajstić information content (AvgIpc) is 3.06. The molecule has 0 bridgehead atoms. The molecule has 1 fully saturated rings. The van der Waals surface area contributed by atoms with Gasteiger partial charge in [0, 0.05) is 12.5 Å². The van der Waals surface area contributed by atoms with Gasteiger partial charge in [-0.15, -0.1) is 0 Å². The summed E-state index contributed by atoms with van der Waals surface area (Å²) in [7, 11) is 4.60. The van der Waals surface area contributed by atoms with E-state index in [1.54, 1.807) is 49.6 Å². The van der Waals surface area contributed by atoms with Crippen LogP contribution in [0.15, 0.2) is 42.5 Å². The van der Waals surface area contributed by atoms with E-state index >= 15 is 0 Å². The normalized spacial score (nSPS) is 15.5. The molecule has 3 rings (SSSR count). The number of imide groups is 1. The zero-order valence-electron chi connectivity index (χ0n) is 17.6. The van der Waals surface area contributed by atoms with Crippen molar-refractivity contribution in [2.24, 2.45) is 0 Å². The fraction of sp³-hybridized carbons (Fsp3) is 0.318. The van der Waals surface area contributed by atoms with Crippen LogP contribution < -0.4 is 24.8 Å². The Morgan fingerprint density at radius 3 is 2.32 bits per heavy atom. The SMILES string of the molecule is COc1ccc(CN2C(=O)N[C@@H](CCC(=O)Nc3ccc(OC)cc3OC)C2=O)cc1. The molecular formula is C22H25N3O6. The van der Waals surface area contributed by atoms with Gasteiger partial charge in [0.25, 0.3) is 5.91 Å². The highest BCUT2D eigenvalue weighted by molar-refractivity contribution is 6.04. The zero-order chi connectivity index (χ0) is 22.4. The topological polar surface area (TPSA) is 106 Å². The Morgan fingerprint density at radius 1 is 1.00 bits per heavy atom. The Kier molecular flexibility index (Phi) is 6.96. The molecule has 2 aromatic carbocycles. The number of hydrogen-bond acceptors (Lipinski definition) is 6. The van der Waals surface area contributed by atoms with E-state index in [1.807, 2.05) is 0 Å². The molecule has 1 atom stereocenters. The van der Waals surface area contributed by atoms with Gasteiger partial charge in [0.1, 0.15) is 23.3 Å². The lowest BCUT2D eigenvalue weighted by atomic mass is 10.1. The molecule has 0 radical (unpaired) electrons. The number of amides is 4. The lowest BCUT2D eigenvalue weighted by Crippen LogP contribution is -2.31. The van der Waals surface area contributed by atoms with Crippen LogP contribution in [0, 0.1) is 0 Å². The largest absolute Gasteiger partial charge is 0.497 e. The van der Waals surface area contributed by atoms with Crippen molar-refractivity contribution < 1.29 is 28.6 Å². The van der Waals surface area contributed by atoms with Gasteiger partial charge in [0.2, 0.25) is 5.91 Å². The molecule has 31 heavy (non-hydrogen) atoms. The first kappa shape index (κ1) is 21.9. The van der Waals surface area contributed by atoms with Gasteiger partial charge in [0.05, 0.1) is 33.6 Å². The Bertz CT molecular complexity index is 960. The number of hydrogen-bond donors (Lipinski definition) is 2. The molecule has 9 heteroatoms. The van der Waals surface area contributed by atoms with Crippen LogP contribution >= 0.6 is 0 Å². The fourth-order valence-corrected chi connectivity index (χ4v) is 3.23. The van der Waals surface area contributed by atoms with Gasteiger partial charge in [-0.3, -0.25) is 14.5 Å². The number of carbonyl (C=O) groups excluding carboxylic acids is 3. The first-order valence-electron chi connectivity index (χ1n) is 9.72. The first-order chi connectivity index (χ1) is 14.9. The van der Waals surface area contributed by atoms with Crippen LogP contribution in [-0.4, -0.2) is 50.1 Å². The summed E-state index contributed by atoms with van der Waals surface area (Å²) in [6.45, 7) is 0.153. The number of ether oxygens (including phenoxy) is 3. The van der Waals surface area contributed by atoms with Gasteiger partial charge < -0.3 is 24.8 Å². The van der Waals surface area contributed by atoms with E-state index in [1.165, 1.54) is 14.2 Å². The smallest absolute Gasteiger partial charge is 0.325 e. The predicted molar refractivity (Wildman–Crippen MR) is 113 cm³/mol. The third kappa shape index (κ3) is 5.25. The number of nitrogens with one attached hydrogen (secondary N) is 2. The maximum atomic E-state index is 12.6. The summed E-state index contributed by atoms with van der Waals surface area (Å²) in [4.78, 5) is 38.4. The minimum absolute atomic E-state index is 0.0578. The van der Waals surface area contributed by atoms with Crippen LogP contribution in [0.3, 0.4) is 0 Å². The number of anilines is 1. The monoisotopic (exact) mass is 427 g/mol. The van der Waals surface area contributed by atoms with E-state index in [0.717, 1.165) is 10.5 Å². The highest BCUT2D eigenvalue weighted by atomic mass is 16.5. The summed E-state index contributed by atoms with van der Waals surface area (Å²) in [6.07, 6.45) is 0.246. The van der Waals surface area contributed by atoms with Crippen molar-refractivity contribution >= 4 is 23.5 Å². The number of benzene rings is 2. The molecule has 1 saturated heterocycles. The Hall–Kier alpha value is -3.75. The molecular weight excluding hydrogens is 402 g/mol. The molecule has 2 N–H and O–H groups in total. The highest BCUT2D eigenvalue weighted by Crippen LogP contribution is 2.29. The second-order valence-corrected chi connectivity index (χ2v) is 6.93. The molecule has 1 aliphatic rings. The summed E-state index contributed by atoms with van der Waals surface area (Å²) in [5.41, 5.74) is 1.30. The second kappa shape index (κ2) is 9.84. The number of nitrogens with zero attached hydrogens (tertiary/aromatic N) is 1.